The van der Waals surface area contributed by atoms with Crippen molar-refractivity contribution in [1.29, 1.82) is 0 Å². The first-order chi connectivity index (χ1) is 4.43. The molecule has 1 saturated heterocycles. The smallest absolute Gasteiger partial charge is 0.176 e. The zero-order chi connectivity index (χ0) is 6.53. The van der Waals surface area contributed by atoms with Crippen LogP contribution in [-0.2, 0) is 9.47 Å². The van der Waals surface area contributed by atoms with Crippen molar-refractivity contribution < 1.29 is 9.47 Å². The van der Waals surface area contributed by atoms with Crippen molar-refractivity contribution >= 4 is 6.72 Å². The van der Waals surface area contributed by atoms with Crippen LogP contribution >= 0.6 is 0 Å². The van der Waals surface area contributed by atoms with Crippen molar-refractivity contribution in [2.24, 2.45) is 4.99 Å². The van der Waals surface area contributed by atoms with Crippen molar-refractivity contribution in [2.45, 2.75) is 12.7 Å². The van der Waals surface area contributed by atoms with E-state index in [-0.39, 0.29) is 6.29 Å². The van der Waals surface area contributed by atoms with Gasteiger partial charge in [0.15, 0.2) is 6.29 Å². The van der Waals surface area contributed by atoms with Gasteiger partial charge in [-0.2, -0.15) is 0 Å². The van der Waals surface area contributed by atoms with E-state index < -0.39 is 0 Å². The molecule has 1 aliphatic heterocycles. The third-order valence-electron chi connectivity index (χ3n) is 1.17. The van der Waals surface area contributed by atoms with Gasteiger partial charge in [-0.1, -0.05) is 0 Å². The highest BCUT2D eigenvalue weighted by Crippen LogP contribution is 2.03. The Morgan fingerprint density at radius 3 is 2.67 bits per heavy atom. The predicted molar refractivity (Wildman–Crippen MR) is 34.7 cm³/mol. The standard InChI is InChI=1S/C6H11NO2/c1-7-5-6-8-3-2-4-9-6/h6H,1-5H2. The topological polar surface area (TPSA) is 30.8 Å². The molecule has 1 heterocycles. The van der Waals surface area contributed by atoms with Gasteiger partial charge in [-0.05, 0) is 13.1 Å². The molecule has 0 aliphatic carbocycles. The second-order valence-electron chi connectivity index (χ2n) is 1.93. The second-order valence-corrected chi connectivity index (χ2v) is 1.93. The van der Waals surface area contributed by atoms with E-state index in [0.717, 1.165) is 19.6 Å². The van der Waals surface area contributed by atoms with Gasteiger partial charge in [0.05, 0.1) is 19.8 Å². The van der Waals surface area contributed by atoms with Gasteiger partial charge in [-0.3, -0.25) is 4.99 Å². The Balaban J connectivity index is 2.15. The van der Waals surface area contributed by atoms with E-state index in [2.05, 4.69) is 11.7 Å². The van der Waals surface area contributed by atoms with Crippen molar-refractivity contribution in [2.75, 3.05) is 19.8 Å². The zero-order valence-electron chi connectivity index (χ0n) is 5.38. The lowest BCUT2D eigenvalue weighted by Gasteiger charge is -2.20. The zero-order valence-corrected chi connectivity index (χ0v) is 5.38. The molecule has 9 heavy (non-hydrogen) atoms. The fourth-order valence-electron chi connectivity index (χ4n) is 0.747. The van der Waals surface area contributed by atoms with E-state index in [0.29, 0.717) is 6.54 Å². The van der Waals surface area contributed by atoms with Crippen LogP contribution in [0.25, 0.3) is 0 Å². The lowest BCUT2D eigenvalue weighted by molar-refractivity contribution is -0.171. The summed E-state index contributed by atoms with van der Waals surface area (Å²) >= 11 is 0. The molecule has 3 heteroatoms. The highest BCUT2D eigenvalue weighted by atomic mass is 16.7. The molecule has 0 radical (unpaired) electrons. The Morgan fingerprint density at radius 1 is 1.44 bits per heavy atom. The van der Waals surface area contributed by atoms with E-state index in [1.807, 2.05) is 0 Å². The summed E-state index contributed by atoms with van der Waals surface area (Å²) in [6, 6.07) is 0. The number of rotatable bonds is 2. The minimum absolute atomic E-state index is 0.128. The molecule has 1 aliphatic rings. The second kappa shape index (κ2) is 3.58. The Hall–Kier alpha value is -0.410. The summed E-state index contributed by atoms with van der Waals surface area (Å²) in [5.74, 6) is 0. The van der Waals surface area contributed by atoms with Gasteiger partial charge in [-0.25, -0.2) is 0 Å². The summed E-state index contributed by atoms with van der Waals surface area (Å²) in [5.41, 5.74) is 0. The van der Waals surface area contributed by atoms with E-state index in [1.165, 1.54) is 0 Å². The molecule has 3 nitrogen and oxygen atoms in total. The Kier molecular flexibility index (Phi) is 2.67. The highest BCUT2D eigenvalue weighted by Gasteiger charge is 2.11. The number of hydrogen-bond acceptors (Lipinski definition) is 3. The number of ether oxygens (including phenoxy) is 2. The quantitative estimate of drug-likeness (QED) is 0.507. The maximum absolute atomic E-state index is 5.16. The van der Waals surface area contributed by atoms with Crippen LogP contribution < -0.4 is 0 Å². The third kappa shape index (κ3) is 2.11. The summed E-state index contributed by atoms with van der Waals surface area (Å²) in [6.45, 7) is 5.48. The van der Waals surface area contributed by atoms with Crippen LogP contribution in [0.2, 0.25) is 0 Å². The Morgan fingerprint density at radius 2 is 2.11 bits per heavy atom. The molecule has 0 spiro atoms. The van der Waals surface area contributed by atoms with Gasteiger partial charge in [-0.15, -0.1) is 0 Å². The van der Waals surface area contributed by atoms with E-state index in [1.54, 1.807) is 0 Å². The average molecular weight is 129 g/mol. The average Bonchev–Trinajstić information content (AvgIpc) is 1.91. The van der Waals surface area contributed by atoms with Crippen LogP contribution in [0.5, 0.6) is 0 Å². The van der Waals surface area contributed by atoms with Crippen molar-refractivity contribution in [3.63, 3.8) is 0 Å². The summed E-state index contributed by atoms with van der Waals surface area (Å²) in [4.78, 5) is 3.66. The first-order valence-corrected chi connectivity index (χ1v) is 3.09. The fourth-order valence-corrected chi connectivity index (χ4v) is 0.747. The number of hydrogen-bond donors (Lipinski definition) is 0. The van der Waals surface area contributed by atoms with E-state index in [9.17, 15) is 0 Å². The summed E-state index contributed by atoms with van der Waals surface area (Å²) < 4.78 is 10.3. The molecule has 0 aromatic rings. The molecular formula is C6H11NO2. The minimum Gasteiger partial charge on any atom is -0.351 e. The maximum atomic E-state index is 5.16. The van der Waals surface area contributed by atoms with Crippen molar-refractivity contribution in [3.05, 3.63) is 0 Å². The van der Waals surface area contributed by atoms with Crippen LogP contribution in [0.3, 0.4) is 0 Å². The largest absolute Gasteiger partial charge is 0.351 e. The number of aliphatic imine (C=N–C) groups is 1. The van der Waals surface area contributed by atoms with Gasteiger partial charge in [0.25, 0.3) is 0 Å². The van der Waals surface area contributed by atoms with Crippen molar-refractivity contribution in [1.82, 2.24) is 0 Å². The first kappa shape index (κ1) is 6.71. The molecule has 1 rings (SSSR count). The van der Waals surface area contributed by atoms with Crippen LogP contribution in [0.1, 0.15) is 6.42 Å². The first-order valence-electron chi connectivity index (χ1n) is 3.09. The van der Waals surface area contributed by atoms with Gasteiger partial charge in [0, 0.05) is 0 Å². The molecule has 0 N–H and O–H groups in total. The minimum atomic E-state index is -0.128. The van der Waals surface area contributed by atoms with Crippen LogP contribution in [0, 0.1) is 0 Å². The Bertz CT molecular complexity index is 89.1. The fraction of sp³-hybridized carbons (Fsp3) is 0.833. The Labute approximate surface area is 54.7 Å². The van der Waals surface area contributed by atoms with Crippen LogP contribution in [-0.4, -0.2) is 32.8 Å². The summed E-state index contributed by atoms with van der Waals surface area (Å²) in [7, 11) is 0. The molecule has 0 amide bonds. The lowest BCUT2D eigenvalue weighted by Crippen LogP contribution is -2.27. The predicted octanol–water partition coefficient (Wildman–Crippen LogP) is 0.450. The monoisotopic (exact) mass is 129 g/mol. The molecule has 0 bridgehead atoms. The molecule has 0 unspecified atom stereocenters. The molecule has 0 saturated carbocycles. The maximum Gasteiger partial charge on any atom is 0.176 e. The summed E-state index contributed by atoms with van der Waals surface area (Å²) in [6.07, 6.45) is 0.865. The van der Waals surface area contributed by atoms with E-state index >= 15 is 0 Å². The van der Waals surface area contributed by atoms with Gasteiger partial charge in [0.2, 0.25) is 0 Å². The lowest BCUT2D eigenvalue weighted by atomic mass is 10.4. The van der Waals surface area contributed by atoms with E-state index in [4.69, 9.17) is 9.47 Å². The van der Waals surface area contributed by atoms with Crippen molar-refractivity contribution in [3.8, 4) is 0 Å². The van der Waals surface area contributed by atoms with Gasteiger partial charge >= 0.3 is 0 Å². The SMILES string of the molecule is C=NCC1OCCCO1. The highest BCUT2D eigenvalue weighted by molar-refractivity contribution is 5.23. The van der Waals surface area contributed by atoms with Gasteiger partial charge < -0.3 is 9.47 Å². The number of nitrogens with zero attached hydrogens (tertiary/aromatic N) is 1. The third-order valence-corrected chi connectivity index (χ3v) is 1.17. The molecular weight excluding hydrogens is 118 g/mol. The molecule has 1 fully saturated rings. The van der Waals surface area contributed by atoms with Crippen LogP contribution in [0.4, 0.5) is 0 Å². The molecule has 0 aromatic carbocycles. The van der Waals surface area contributed by atoms with Gasteiger partial charge in [0.1, 0.15) is 0 Å². The normalized spacial score (nSPS) is 21.8. The summed E-state index contributed by atoms with van der Waals surface area (Å²) in [5, 5.41) is 0. The molecule has 0 atom stereocenters. The van der Waals surface area contributed by atoms with Crippen LogP contribution in [0.15, 0.2) is 4.99 Å². The molecule has 52 valence electrons. The molecule has 0 aromatic heterocycles.